The van der Waals surface area contributed by atoms with Crippen molar-refractivity contribution in [2.75, 3.05) is 13.2 Å². The van der Waals surface area contributed by atoms with E-state index in [1.165, 1.54) is 12.1 Å². The van der Waals surface area contributed by atoms with Crippen molar-refractivity contribution in [2.45, 2.75) is 37.6 Å². The maximum Gasteiger partial charge on any atom is 0.258 e. The summed E-state index contributed by atoms with van der Waals surface area (Å²) in [5.41, 5.74) is 0.974. The van der Waals surface area contributed by atoms with Crippen LogP contribution in [0.5, 0.6) is 5.75 Å². The molecule has 0 atom stereocenters. The third kappa shape index (κ3) is 4.18. The smallest absolute Gasteiger partial charge is 0.258 e. The molecule has 1 heterocycles. The summed E-state index contributed by atoms with van der Waals surface area (Å²) in [5.74, 6) is -0.648. The van der Waals surface area contributed by atoms with Gasteiger partial charge < -0.3 is 15.2 Å². The van der Waals surface area contributed by atoms with E-state index in [0.717, 1.165) is 30.9 Å². The molecule has 8 heteroatoms. The number of amides is 1. The minimum Gasteiger partial charge on any atom is -0.484 e. The summed E-state index contributed by atoms with van der Waals surface area (Å²) in [6.45, 7) is -0.184. The van der Waals surface area contributed by atoms with Gasteiger partial charge in [-0.05, 0) is 60.9 Å². The van der Waals surface area contributed by atoms with Crippen molar-refractivity contribution in [3.8, 4) is 5.75 Å². The van der Waals surface area contributed by atoms with Crippen LogP contribution in [0.15, 0.2) is 36.5 Å². The van der Waals surface area contributed by atoms with Crippen LogP contribution in [0, 0.1) is 11.2 Å². The summed E-state index contributed by atoms with van der Waals surface area (Å²) in [4.78, 5) is 29.0. The normalized spacial score (nSPS) is 23.8. The molecule has 2 N–H and O–H groups in total. The Bertz CT molecular complexity index is 977. The molecule has 3 fully saturated rings. The third-order valence-corrected chi connectivity index (χ3v) is 6.16. The van der Waals surface area contributed by atoms with E-state index in [4.69, 9.17) is 21.4 Å². The first kappa shape index (κ1) is 20.8. The number of pyridine rings is 1. The number of aliphatic hydroxyl groups excluding tert-OH is 1. The van der Waals surface area contributed by atoms with E-state index in [0.29, 0.717) is 18.5 Å². The number of nitrogens with one attached hydrogen (secondary N) is 1. The number of hydrogen-bond donors (Lipinski definition) is 2. The molecule has 3 aliphatic carbocycles. The average Bonchev–Trinajstić information content (AvgIpc) is 2.66. The minimum atomic E-state index is -0.600. The number of benzene rings is 1. The van der Waals surface area contributed by atoms with Crippen molar-refractivity contribution in [1.82, 2.24) is 10.3 Å². The fourth-order valence-corrected chi connectivity index (χ4v) is 4.83. The lowest BCUT2D eigenvalue weighted by atomic mass is 9.38. The van der Waals surface area contributed by atoms with Crippen molar-refractivity contribution >= 4 is 23.3 Å². The minimum absolute atomic E-state index is 0.00385. The van der Waals surface area contributed by atoms with Crippen LogP contribution in [-0.2, 0) is 11.2 Å². The van der Waals surface area contributed by atoms with Crippen LogP contribution >= 0.6 is 11.6 Å². The van der Waals surface area contributed by atoms with E-state index in [9.17, 15) is 14.0 Å². The van der Waals surface area contributed by atoms with Crippen molar-refractivity contribution in [2.24, 2.45) is 5.41 Å². The molecule has 0 radical (unpaired) electrons. The van der Waals surface area contributed by atoms with Gasteiger partial charge in [0, 0.05) is 30.8 Å². The first-order valence-electron chi connectivity index (χ1n) is 9.80. The molecule has 0 aliphatic heterocycles. The van der Waals surface area contributed by atoms with E-state index in [1.54, 1.807) is 18.3 Å². The highest BCUT2D eigenvalue weighted by molar-refractivity contribution is 6.30. The number of rotatable bonds is 9. The summed E-state index contributed by atoms with van der Waals surface area (Å²) in [6.07, 6.45) is 4.75. The number of aromatic nitrogens is 1. The Morgan fingerprint density at radius 3 is 2.70 bits per heavy atom. The molecule has 0 unspecified atom stereocenters. The van der Waals surface area contributed by atoms with Gasteiger partial charge in [-0.15, -0.1) is 0 Å². The number of hydrogen-bond acceptors (Lipinski definition) is 5. The van der Waals surface area contributed by atoms with Crippen molar-refractivity contribution in [3.63, 3.8) is 0 Å². The second-order valence-corrected chi connectivity index (χ2v) is 8.75. The van der Waals surface area contributed by atoms with Crippen molar-refractivity contribution in [3.05, 3.63) is 58.6 Å². The van der Waals surface area contributed by atoms with Crippen LogP contribution in [0.3, 0.4) is 0 Å². The highest BCUT2D eigenvalue weighted by Crippen LogP contribution is 2.69. The summed E-state index contributed by atoms with van der Waals surface area (Å²) in [7, 11) is 0. The van der Waals surface area contributed by atoms with E-state index in [1.807, 2.05) is 0 Å². The van der Waals surface area contributed by atoms with Gasteiger partial charge in [0.15, 0.2) is 12.4 Å². The summed E-state index contributed by atoms with van der Waals surface area (Å²) < 4.78 is 18.7. The Kier molecular flexibility index (Phi) is 5.51. The fraction of sp³-hybridized carbons (Fsp3) is 0.409. The molecule has 5 rings (SSSR count). The molecule has 0 spiro atoms. The van der Waals surface area contributed by atoms with Gasteiger partial charge in [-0.2, -0.15) is 0 Å². The predicted molar refractivity (Wildman–Crippen MR) is 108 cm³/mol. The zero-order valence-corrected chi connectivity index (χ0v) is 17.0. The molecule has 3 saturated carbocycles. The average molecular weight is 433 g/mol. The number of halogens is 2. The zero-order chi connectivity index (χ0) is 21.4. The number of ether oxygens (including phenoxy) is 1. The van der Waals surface area contributed by atoms with E-state index < -0.39 is 5.82 Å². The lowest BCUT2D eigenvalue weighted by Crippen LogP contribution is -2.75. The maximum atomic E-state index is 13.4. The Morgan fingerprint density at radius 1 is 1.23 bits per heavy atom. The fourth-order valence-electron chi connectivity index (χ4n) is 4.71. The number of carbonyl (C=O) groups excluding carboxylic acids is 2. The zero-order valence-electron chi connectivity index (χ0n) is 16.3. The van der Waals surface area contributed by atoms with Crippen LogP contribution in [0.4, 0.5) is 4.39 Å². The SMILES string of the molecule is O=C(COc1ccc(Cl)c(F)c1)NC12CC(CC(=O)c3cc(CCO)ccn3)(C1)C2. The van der Waals surface area contributed by atoms with Gasteiger partial charge in [-0.25, -0.2) is 4.39 Å². The molecule has 158 valence electrons. The standard InChI is InChI=1S/C22H22ClFN2O4/c23-16-2-1-15(8-17(16)24)30-10-20(29)26-22-11-21(12-22,13-22)9-19(28)18-7-14(4-6-27)3-5-25-18/h1-3,5,7-8,27H,4,6,9-13H2,(H,26,29). The van der Waals surface area contributed by atoms with E-state index in [2.05, 4.69) is 10.3 Å². The Balaban J connectivity index is 1.24. The number of Topliss-reactive ketones (excluding diaryl/α,β-unsaturated/α-hetero) is 1. The Hall–Kier alpha value is -2.51. The molecule has 1 aromatic carbocycles. The molecule has 2 aromatic rings. The van der Waals surface area contributed by atoms with E-state index >= 15 is 0 Å². The molecule has 1 amide bonds. The summed E-state index contributed by atoms with van der Waals surface area (Å²) >= 11 is 5.62. The highest BCUT2D eigenvalue weighted by atomic mass is 35.5. The second kappa shape index (κ2) is 7.96. The first-order chi connectivity index (χ1) is 14.3. The molecule has 3 aliphatic rings. The highest BCUT2D eigenvalue weighted by Gasteiger charge is 2.68. The van der Waals surface area contributed by atoms with Crippen LogP contribution in [0.2, 0.25) is 5.02 Å². The van der Waals surface area contributed by atoms with Gasteiger partial charge in [0.25, 0.3) is 5.91 Å². The van der Waals surface area contributed by atoms with Crippen molar-refractivity contribution < 1.29 is 23.8 Å². The number of nitrogens with zero attached hydrogens (tertiary/aromatic N) is 1. The van der Waals surface area contributed by atoms with Crippen LogP contribution in [-0.4, -0.2) is 40.5 Å². The molecule has 30 heavy (non-hydrogen) atoms. The third-order valence-electron chi connectivity index (χ3n) is 5.85. The molecular weight excluding hydrogens is 411 g/mol. The van der Waals surface area contributed by atoms with Gasteiger partial charge in [0.2, 0.25) is 0 Å². The van der Waals surface area contributed by atoms with Gasteiger partial charge in [-0.1, -0.05) is 11.6 Å². The largest absolute Gasteiger partial charge is 0.484 e. The van der Waals surface area contributed by atoms with Gasteiger partial charge in [-0.3, -0.25) is 14.6 Å². The molecule has 1 aromatic heterocycles. The van der Waals surface area contributed by atoms with Gasteiger partial charge >= 0.3 is 0 Å². The lowest BCUT2D eigenvalue weighted by molar-refractivity contribution is -0.164. The second-order valence-electron chi connectivity index (χ2n) is 8.35. The molecule has 2 bridgehead atoms. The molecule has 6 nitrogen and oxygen atoms in total. The quantitative estimate of drug-likeness (QED) is 0.594. The van der Waals surface area contributed by atoms with E-state index in [-0.39, 0.29) is 46.6 Å². The summed E-state index contributed by atoms with van der Waals surface area (Å²) in [6, 6.07) is 7.54. The molecular formula is C22H22ClFN2O4. The predicted octanol–water partition coefficient (Wildman–Crippen LogP) is 3.10. The topological polar surface area (TPSA) is 88.5 Å². The first-order valence-corrected chi connectivity index (χ1v) is 10.2. The monoisotopic (exact) mass is 432 g/mol. The van der Waals surface area contributed by atoms with Crippen molar-refractivity contribution in [1.29, 1.82) is 0 Å². The number of ketones is 1. The van der Waals surface area contributed by atoms with Crippen LogP contribution < -0.4 is 10.1 Å². The maximum absolute atomic E-state index is 13.4. The lowest BCUT2D eigenvalue weighted by Gasteiger charge is -2.70. The summed E-state index contributed by atoms with van der Waals surface area (Å²) in [5, 5.41) is 12.0. The van der Waals surface area contributed by atoms with Gasteiger partial charge in [0.05, 0.1) is 5.02 Å². The number of carbonyl (C=O) groups is 2. The van der Waals surface area contributed by atoms with Gasteiger partial charge in [0.1, 0.15) is 17.3 Å². The number of aliphatic hydroxyl groups is 1. The van der Waals surface area contributed by atoms with Crippen LogP contribution in [0.1, 0.15) is 41.7 Å². The Morgan fingerprint density at radius 2 is 2.00 bits per heavy atom. The molecule has 0 saturated heterocycles. The van der Waals surface area contributed by atoms with Crippen LogP contribution in [0.25, 0.3) is 0 Å². The Labute approximate surface area is 178 Å².